The molecule has 22 heavy (non-hydrogen) atoms. The lowest BCUT2D eigenvalue weighted by Gasteiger charge is -1.92. The molecular weight excluding hydrogens is 302 g/mol. The summed E-state index contributed by atoms with van der Waals surface area (Å²) in [5.74, 6) is 1.21. The molecule has 3 rings (SSSR count). The minimum Gasteiger partial charge on any atom is -0.359 e. The van der Waals surface area contributed by atoms with Crippen molar-refractivity contribution < 1.29 is 9.32 Å². The number of rotatable bonds is 5. The van der Waals surface area contributed by atoms with Crippen molar-refractivity contribution in [1.29, 1.82) is 0 Å². The van der Waals surface area contributed by atoms with Crippen LogP contribution in [0.25, 0.3) is 11.0 Å². The van der Waals surface area contributed by atoms with Gasteiger partial charge < -0.3 is 14.8 Å². The van der Waals surface area contributed by atoms with Crippen LogP contribution in [-0.4, -0.2) is 33.1 Å². The Balaban J connectivity index is 1.65. The average Bonchev–Trinajstić information content (AvgIpc) is 3.10. The second-order valence-electron chi connectivity index (χ2n) is 4.81. The van der Waals surface area contributed by atoms with Gasteiger partial charge in [0.05, 0.1) is 23.2 Å². The molecule has 114 valence electrons. The highest BCUT2D eigenvalue weighted by atomic mass is 32.2. The number of nitrogens with one attached hydrogen (secondary N) is 2. The van der Waals surface area contributed by atoms with Crippen LogP contribution in [0.15, 0.2) is 27.9 Å². The summed E-state index contributed by atoms with van der Waals surface area (Å²) in [7, 11) is 1.57. The zero-order chi connectivity index (χ0) is 15.5. The molecule has 1 aromatic carbocycles. The number of imidazole rings is 1. The molecule has 0 radical (unpaired) electrons. The number of hydrogen-bond acceptors (Lipinski definition) is 6. The molecule has 0 bridgehead atoms. The van der Waals surface area contributed by atoms with E-state index in [4.69, 9.17) is 4.52 Å². The standard InChI is InChI=1S/C14H15N5O2S/c1-8-3-4-9-10(5-8)17-14(16-9)22-7-13-18-11(19-21-13)6-12(20)15-2/h3-5H,6-7H2,1-2H3,(H,15,20)(H,16,17). The Labute approximate surface area is 130 Å². The molecule has 0 atom stereocenters. The summed E-state index contributed by atoms with van der Waals surface area (Å²) in [5.41, 5.74) is 3.12. The number of carbonyl (C=O) groups is 1. The maximum atomic E-state index is 11.2. The first-order chi connectivity index (χ1) is 10.6. The van der Waals surface area contributed by atoms with Gasteiger partial charge in [0.1, 0.15) is 0 Å². The third-order valence-corrected chi connectivity index (χ3v) is 3.91. The Hall–Kier alpha value is -2.35. The van der Waals surface area contributed by atoms with E-state index in [9.17, 15) is 4.79 Å². The second-order valence-corrected chi connectivity index (χ2v) is 5.77. The molecular formula is C14H15N5O2S. The lowest BCUT2D eigenvalue weighted by molar-refractivity contribution is -0.120. The fraction of sp³-hybridized carbons (Fsp3) is 0.286. The quantitative estimate of drug-likeness (QED) is 0.697. The summed E-state index contributed by atoms with van der Waals surface area (Å²) in [5, 5.41) is 7.10. The molecule has 8 heteroatoms. The van der Waals surface area contributed by atoms with Crippen LogP contribution in [-0.2, 0) is 17.0 Å². The summed E-state index contributed by atoms with van der Waals surface area (Å²) in [6.07, 6.45) is 0.120. The fourth-order valence-electron chi connectivity index (χ4n) is 1.95. The summed E-state index contributed by atoms with van der Waals surface area (Å²) in [6, 6.07) is 6.07. The first kappa shape index (κ1) is 14.6. The predicted molar refractivity (Wildman–Crippen MR) is 82.5 cm³/mol. The number of carbonyl (C=O) groups excluding carboxylic acids is 1. The first-order valence-electron chi connectivity index (χ1n) is 6.75. The van der Waals surface area contributed by atoms with Gasteiger partial charge in [-0.05, 0) is 24.6 Å². The first-order valence-corrected chi connectivity index (χ1v) is 7.74. The zero-order valence-electron chi connectivity index (χ0n) is 12.2. The van der Waals surface area contributed by atoms with Gasteiger partial charge in [-0.25, -0.2) is 4.98 Å². The summed E-state index contributed by atoms with van der Waals surface area (Å²) in [6.45, 7) is 2.04. The lowest BCUT2D eigenvalue weighted by atomic mass is 10.2. The number of benzene rings is 1. The minimum absolute atomic E-state index is 0.120. The number of aromatic nitrogens is 4. The van der Waals surface area contributed by atoms with Crippen LogP contribution < -0.4 is 5.32 Å². The van der Waals surface area contributed by atoms with Crippen molar-refractivity contribution in [3.8, 4) is 0 Å². The van der Waals surface area contributed by atoms with Crippen LogP contribution in [0.2, 0.25) is 0 Å². The van der Waals surface area contributed by atoms with E-state index in [1.165, 1.54) is 17.3 Å². The van der Waals surface area contributed by atoms with E-state index in [0.717, 1.165) is 16.2 Å². The number of thioether (sulfide) groups is 1. The molecule has 0 aliphatic carbocycles. The maximum absolute atomic E-state index is 11.2. The summed E-state index contributed by atoms with van der Waals surface area (Å²) >= 11 is 1.48. The van der Waals surface area contributed by atoms with Crippen LogP contribution in [0, 0.1) is 6.92 Å². The molecule has 2 N–H and O–H groups in total. The van der Waals surface area contributed by atoms with Crippen LogP contribution >= 0.6 is 11.8 Å². The molecule has 0 saturated carbocycles. The fourth-order valence-corrected chi connectivity index (χ4v) is 2.67. The van der Waals surface area contributed by atoms with Crippen molar-refractivity contribution >= 4 is 28.7 Å². The highest BCUT2D eigenvalue weighted by Crippen LogP contribution is 2.23. The number of hydrogen-bond donors (Lipinski definition) is 2. The van der Waals surface area contributed by atoms with Gasteiger partial charge in [0.25, 0.3) is 0 Å². The number of likely N-dealkylation sites (N-methyl/N-ethyl adjacent to an activating group) is 1. The van der Waals surface area contributed by atoms with Crippen LogP contribution in [0.5, 0.6) is 0 Å². The third-order valence-electron chi connectivity index (χ3n) is 3.06. The van der Waals surface area contributed by atoms with Crippen molar-refractivity contribution in [3.05, 3.63) is 35.5 Å². The Bertz CT molecular complexity index is 811. The smallest absolute Gasteiger partial charge is 0.237 e. The monoisotopic (exact) mass is 317 g/mol. The molecule has 2 heterocycles. The van der Waals surface area contributed by atoms with E-state index in [-0.39, 0.29) is 12.3 Å². The molecule has 7 nitrogen and oxygen atoms in total. The molecule has 0 aliphatic heterocycles. The van der Waals surface area contributed by atoms with Crippen molar-refractivity contribution in [3.63, 3.8) is 0 Å². The molecule has 3 aromatic rings. The normalized spacial score (nSPS) is 11.0. The third kappa shape index (κ3) is 3.28. The number of fused-ring (bicyclic) bond motifs is 1. The molecule has 0 unspecified atom stereocenters. The zero-order valence-corrected chi connectivity index (χ0v) is 13.0. The number of nitrogens with zero attached hydrogens (tertiary/aromatic N) is 3. The van der Waals surface area contributed by atoms with Gasteiger partial charge in [-0.1, -0.05) is 23.0 Å². The van der Waals surface area contributed by atoms with Crippen molar-refractivity contribution in [2.75, 3.05) is 7.05 Å². The maximum Gasteiger partial charge on any atom is 0.237 e. The largest absolute Gasteiger partial charge is 0.359 e. The summed E-state index contributed by atoms with van der Waals surface area (Å²) < 4.78 is 5.12. The Morgan fingerprint density at radius 3 is 3.09 bits per heavy atom. The Morgan fingerprint density at radius 1 is 1.41 bits per heavy atom. The van der Waals surface area contributed by atoms with E-state index < -0.39 is 0 Å². The van der Waals surface area contributed by atoms with Crippen molar-refractivity contribution in [2.24, 2.45) is 0 Å². The van der Waals surface area contributed by atoms with E-state index in [1.54, 1.807) is 7.05 Å². The Kier molecular flexibility index (Phi) is 4.10. The molecule has 0 spiro atoms. The molecule has 2 aromatic heterocycles. The summed E-state index contributed by atoms with van der Waals surface area (Å²) in [4.78, 5) is 23.2. The van der Waals surface area contributed by atoms with Gasteiger partial charge in [-0.3, -0.25) is 4.79 Å². The van der Waals surface area contributed by atoms with Crippen molar-refractivity contribution in [1.82, 2.24) is 25.4 Å². The molecule has 0 aliphatic rings. The highest BCUT2D eigenvalue weighted by molar-refractivity contribution is 7.98. The topological polar surface area (TPSA) is 96.7 Å². The van der Waals surface area contributed by atoms with Gasteiger partial charge in [0.2, 0.25) is 11.8 Å². The van der Waals surface area contributed by atoms with Gasteiger partial charge >= 0.3 is 0 Å². The van der Waals surface area contributed by atoms with Gasteiger partial charge in [-0.2, -0.15) is 4.98 Å². The van der Waals surface area contributed by atoms with Crippen LogP contribution in [0.4, 0.5) is 0 Å². The predicted octanol–water partition coefficient (Wildman–Crippen LogP) is 1.84. The molecule has 0 fully saturated rings. The van der Waals surface area contributed by atoms with Gasteiger partial charge in [0, 0.05) is 7.05 Å². The van der Waals surface area contributed by atoms with E-state index in [2.05, 4.69) is 31.5 Å². The van der Waals surface area contributed by atoms with E-state index >= 15 is 0 Å². The minimum atomic E-state index is -0.146. The van der Waals surface area contributed by atoms with E-state index in [1.807, 2.05) is 19.1 Å². The number of aromatic amines is 1. The lowest BCUT2D eigenvalue weighted by Crippen LogP contribution is -2.20. The second kappa shape index (κ2) is 6.18. The average molecular weight is 317 g/mol. The van der Waals surface area contributed by atoms with E-state index in [0.29, 0.717) is 17.5 Å². The van der Waals surface area contributed by atoms with Crippen molar-refractivity contribution in [2.45, 2.75) is 24.3 Å². The van der Waals surface area contributed by atoms with Gasteiger partial charge in [-0.15, -0.1) is 0 Å². The Morgan fingerprint density at radius 2 is 2.27 bits per heavy atom. The van der Waals surface area contributed by atoms with Gasteiger partial charge in [0.15, 0.2) is 11.0 Å². The van der Waals surface area contributed by atoms with Crippen LogP contribution in [0.1, 0.15) is 17.3 Å². The number of aryl methyl sites for hydroxylation is 1. The van der Waals surface area contributed by atoms with Crippen LogP contribution in [0.3, 0.4) is 0 Å². The SMILES string of the molecule is CNC(=O)Cc1noc(CSc2nc3ccc(C)cc3[nH]2)n1. The molecule has 0 saturated heterocycles. The number of amides is 1. The highest BCUT2D eigenvalue weighted by Gasteiger charge is 2.11. The number of H-pyrrole nitrogens is 1. The molecule has 1 amide bonds.